The van der Waals surface area contributed by atoms with E-state index in [0.717, 1.165) is 37.8 Å². The van der Waals surface area contributed by atoms with Crippen LogP contribution in [0.3, 0.4) is 0 Å². The molecule has 0 heterocycles. The number of ketones is 2. The molecule has 174 valence electrons. The first-order valence-electron chi connectivity index (χ1n) is 12.2. The lowest BCUT2D eigenvalue weighted by Gasteiger charge is -2.55. The molecule has 4 aliphatic rings. The summed E-state index contributed by atoms with van der Waals surface area (Å²) in [6, 6.07) is 8.06. The Morgan fingerprint density at radius 2 is 1.79 bits per heavy atom. The second-order valence-electron chi connectivity index (χ2n) is 10.7. The van der Waals surface area contributed by atoms with Gasteiger partial charge in [-0.15, -0.1) is 0 Å². The highest BCUT2D eigenvalue weighted by Gasteiger charge is 2.67. The molecule has 0 aromatic heterocycles. The van der Waals surface area contributed by atoms with Crippen LogP contribution in [-0.2, 0) is 19.1 Å². The van der Waals surface area contributed by atoms with Crippen LogP contribution in [0.4, 0.5) is 5.69 Å². The molecule has 0 spiro atoms. The number of allylic oxidation sites excluding steroid dienone is 4. The molecule has 5 heteroatoms. The molecular weight excluding hydrogens is 414 g/mol. The first kappa shape index (κ1) is 22.1. The van der Waals surface area contributed by atoms with Crippen LogP contribution in [0.1, 0.15) is 77.2 Å². The van der Waals surface area contributed by atoms with Gasteiger partial charge in [-0.2, -0.15) is 0 Å². The van der Waals surface area contributed by atoms with Gasteiger partial charge in [0, 0.05) is 30.4 Å². The van der Waals surface area contributed by atoms with Gasteiger partial charge in [-0.25, -0.2) is 0 Å². The minimum Gasteiger partial charge on any atom is -0.451 e. The number of fused-ring (bicyclic) bond motifs is 4. The largest absolute Gasteiger partial charge is 0.451 e. The maximum atomic E-state index is 13.1. The number of esters is 1. The van der Waals surface area contributed by atoms with Crippen LogP contribution < -0.4 is 5.73 Å². The first-order chi connectivity index (χ1) is 15.7. The molecule has 2 saturated carbocycles. The first-order valence-corrected chi connectivity index (χ1v) is 12.2. The minimum atomic E-state index is -1.08. The number of carbonyl (C=O) groups is 3. The van der Waals surface area contributed by atoms with Crippen LogP contribution in [0.5, 0.6) is 0 Å². The Morgan fingerprint density at radius 3 is 2.45 bits per heavy atom. The number of anilines is 1. The summed E-state index contributed by atoms with van der Waals surface area (Å²) in [6.07, 6.45) is 7.29. The summed E-state index contributed by atoms with van der Waals surface area (Å²) in [5, 5.41) is 0. The fourth-order valence-corrected chi connectivity index (χ4v) is 7.74. The van der Waals surface area contributed by atoms with Crippen molar-refractivity contribution in [2.24, 2.45) is 17.3 Å². The van der Waals surface area contributed by atoms with E-state index in [1.165, 1.54) is 29.2 Å². The lowest BCUT2D eigenvalue weighted by Crippen LogP contribution is -2.57. The van der Waals surface area contributed by atoms with Crippen molar-refractivity contribution in [3.8, 4) is 0 Å². The number of rotatable bonds is 3. The van der Waals surface area contributed by atoms with Gasteiger partial charge in [0.2, 0.25) is 0 Å². The van der Waals surface area contributed by atoms with E-state index in [4.69, 9.17) is 10.5 Å². The van der Waals surface area contributed by atoms with Gasteiger partial charge in [0.05, 0.1) is 0 Å². The molecule has 1 unspecified atom stereocenters. The second-order valence-corrected chi connectivity index (χ2v) is 10.7. The average Bonchev–Trinajstić information content (AvgIpc) is 3.06. The molecule has 0 amide bonds. The summed E-state index contributed by atoms with van der Waals surface area (Å²) in [6.45, 7) is 5.17. The van der Waals surface area contributed by atoms with Crippen molar-refractivity contribution in [1.29, 1.82) is 0 Å². The molecular formula is C28H33NO4. The minimum absolute atomic E-state index is 0.0467. The Morgan fingerprint density at radius 1 is 1.06 bits per heavy atom. The van der Waals surface area contributed by atoms with Gasteiger partial charge >= 0.3 is 5.97 Å². The molecule has 2 N–H and O–H groups in total. The van der Waals surface area contributed by atoms with E-state index in [0.29, 0.717) is 18.8 Å². The zero-order valence-electron chi connectivity index (χ0n) is 19.8. The summed E-state index contributed by atoms with van der Waals surface area (Å²) in [5.74, 6) is 0.491. The predicted octanol–water partition coefficient (Wildman–Crippen LogP) is 5.06. The topological polar surface area (TPSA) is 86.5 Å². The van der Waals surface area contributed by atoms with Gasteiger partial charge in [-0.05, 0) is 92.2 Å². The second kappa shape index (κ2) is 7.68. The number of ether oxygens (including phenoxy) is 1. The number of benzene rings is 1. The fraction of sp³-hybridized carbons (Fsp3) is 0.536. The van der Waals surface area contributed by atoms with Gasteiger partial charge in [-0.1, -0.05) is 24.6 Å². The van der Waals surface area contributed by atoms with Crippen LogP contribution in [0, 0.1) is 17.3 Å². The highest BCUT2D eigenvalue weighted by Crippen LogP contribution is 2.67. The molecule has 0 bridgehead atoms. The van der Waals surface area contributed by atoms with E-state index in [1.807, 2.05) is 18.2 Å². The highest BCUT2D eigenvalue weighted by atomic mass is 16.6. The molecule has 5 nitrogen and oxygen atoms in total. The van der Waals surface area contributed by atoms with Crippen LogP contribution in [0.25, 0.3) is 0 Å². The molecule has 1 aromatic rings. The number of hydrogen-bond acceptors (Lipinski definition) is 5. The Labute approximate surface area is 195 Å². The van der Waals surface area contributed by atoms with E-state index in [-0.39, 0.29) is 29.4 Å². The van der Waals surface area contributed by atoms with Crippen molar-refractivity contribution in [1.82, 2.24) is 0 Å². The highest BCUT2D eigenvalue weighted by molar-refractivity contribution is 5.93. The van der Waals surface area contributed by atoms with Crippen molar-refractivity contribution in [3.63, 3.8) is 0 Å². The Balaban J connectivity index is 1.70. The Bertz CT molecular complexity index is 1100. The summed E-state index contributed by atoms with van der Waals surface area (Å²) in [4.78, 5) is 37.5. The zero-order valence-corrected chi connectivity index (χ0v) is 19.8. The predicted molar refractivity (Wildman–Crippen MR) is 126 cm³/mol. The molecule has 33 heavy (non-hydrogen) atoms. The molecule has 2 fully saturated rings. The van der Waals surface area contributed by atoms with Crippen LogP contribution in [0.15, 0.2) is 47.1 Å². The van der Waals surface area contributed by atoms with Gasteiger partial charge in [0.25, 0.3) is 0 Å². The average molecular weight is 448 g/mol. The lowest BCUT2D eigenvalue weighted by atomic mass is 9.50. The molecule has 4 aliphatic carbocycles. The SMILES string of the molecule is CC(=O)O[C@]1(C(C)=O)CC[C@H]2[C@@H]3CCC4=CC(=O)CCC4=C3C(c3ccc(N)cc3)C[C@@]21C. The van der Waals surface area contributed by atoms with Gasteiger partial charge in [0.15, 0.2) is 17.2 Å². The zero-order chi connectivity index (χ0) is 23.5. The van der Waals surface area contributed by atoms with Gasteiger partial charge in [-0.3, -0.25) is 14.4 Å². The molecule has 5 atom stereocenters. The number of hydrogen-bond donors (Lipinski definition) is 1. The van der Waals surface area contributed by atoms with Crippen LogP contribution >= 0.6 is 0 Å². The molecule has 1 aromatic carbocycles. The van der Waals surface area contributed by atoms with E-state index >= 15 is 0 Å². The van der Waals surface area contributed by atoms with Gasteiger partial charge in [0.1, 0.15) is 0 Å². The van der Waals surface area contributed by atoms with Crippen molar-refractivity contribution < 1.29 is 19.1 Å². The number of nitrogen functional groups attached to an aromatic ring is 1. The molecule has 5 rings (SSSR count). The lowest BCUT2D eigenvalue weighted by molar-refractivity contribution is -0.182. The van der Waals surface area contributed by atoms with Crippen LogP contribution in [-0.4, -0.2) is 23.1 Å². The van der Waals surface area contributed by atoms with Crippen LogP contribution in [0.2, 0.25) is 0 Å². The van der Waals surface area contributed by atoms with E-state index in [9.17, 15) is 14.4 Å². The van der Waals surface area contributed by atoms with Crippen molar-refractivity contribution in [2.45, 2.75) is 77.2 Å². The molecule has 0 aliphatic heterocycles. The standard InChI is InChI=1S/C28H33NO4/c1-16(30)28(33-17(2)31)13-12-25-23-10-6-19-14-21(32)9-11-22(19)26(23)24(15-27(25,28)3)18-4-7-20(29)8-5-18/h4-5,7-8,14,23-25H,6,9-13,15,29H2,1-3H3/t23-,24?,25-,27-,28-/m0/s1. The third kappa shape index (κ3) is 3.23. The summed E-state index contributed by atoms with van der Waals surface area (Å²) >= 11 is 0. The third-order valence-corrected chi connectivity index (χ3v) is 9.08. The maximum absolute atomic E-state index is 13.1. The van der Waals surface area contributed by atoms with Crippen molar-refractivity contribution in [2.75, 3.05) is 5.73 Å². The third-order valence-electron chi connectivity index (χ3n) is 9.08. The van der Waals surface area contributed by atoms with E-state index in [1.54, 1.807) is 6.92 Å². The Kier molecular flexibility index (Phi) is 5.15. The molecule has 0 saturated heterocycles. The normalized spacial score (nSPS) is 35.3. The smallest absolute Gasteiger partial charge is 0.303 e. The van der Waals surface area contributed by atoms with Gasteiger partial charge < -0.3 is 10.5 Å². The maximum Gasteiger partial charge on any atom is 0.303 e. The summed E-state index contributed by atoms with van der Waals surface area (Å²) < 4.78 is 5.96. The number of nitrogens with two attached hydrogens (primary N) is 1. The summed E-state index contributed by atoms with van der Waals surface area (Å²) in [5.41, 5.74) is 10.4. The number of Topliss-reactive ketones (excluding diaryl/α,β-unsaturated/α-hetero) is 1. The van der Waals surface area contributed by atoms with E-state index < -0.39 is 11.0 Å². The van der Waals surface area contributed by atoms with E-state index in [2.05, 4.69) is 19.1 Å². The quantitative estimate of drug-likeness (QED) is 0.517. The van der Waals surface area contributed by atoms with Crippen molar-refractivity contribution >= 4 is 23.2 Å². The van der Waals surface area contributed by atoms with Crippen molar-refractivity contribution in [3.05, 3.63) is 52.6 Å². The number of carbonyl (C=O) groups excluding carboxylic acids is 3. The monoisotopic (exact) mass is 447 g/mol. The fourth-order valence-electron chi connectivity index (χ4n) is 7.74. The Hall–Kier alpha value is -2.69. The molecule has 0 radical (unpaired) electrons. The summed E-state index contributed by atoms with van der Waals surface area (Å²) in [7, 11) is 0.